The molecule has 2 aliphatic carbocycles. The first-order valence-corrected chi connectivity index (χ1v) is 10.2. The number of ether oxygens (including phenoxy) is 1. The summed E-state index contributed by atoms with van der Waals surface area (Å²) in [6.45, 7) is 2.60. The summed E-state index contributed by atoms with van der Waals surface area (Å²) in [5.74, 6) is 1.55. The number of allylic oxidation sites excluding steroid dienone is 1. The third-order valence-electron chi connectivity index (χ3n) is 5.46. The Labute approximate surface area is 143 Å². The van der Waals surface area contributed by atoms with Gasteiger partial charge in [-0.2, -0.15) is 4.31 Å². The number of rotatable bonds is 5. The SMILES string of the molecule is O=S(=O)(c1ccc(CN[C@H]2C[C@H]3CC=C[C@@H]32)cc1)N1CCOCC1. The maximum absolute atomic E-state index is 12.6. The van der Waals surface area contributed by atoms with E-state index in [0.29, 0.717) is 43.2 Å². The quantitative estimate of drug-likeness (QED) is 0.824. The van der Waals surface area contributed by atoms with Gasteiger partial charge in [0.2, 0.25) is 10.0 Å². The van der Waals surface area contributed by atoms with Crippen molar-refractivity contribution >= 4 is 10.0 Å². The largest absolute Gasteiger partial charge is 0.379 e. The van der Waals surface area contributed by atoms with Gasteiger partial charge in [-0.3, -0.25) is 0 Å². The van der Waals surface area contributed by atoms with Crippen LogP contribution in [0.2, 0.25) is 0 Å². The fourth-order valence-corrected chi connectivity index (χ4v) is 5.32. The van der Waals surface area contributed by atoms with E-state index in [1.807, 2.05) is 12.1 Å². The molecular weight excluding hydrogens is 324 g/mol. The summed E-state index contributed by atoms with van der Waals surface area (Å²) in [6, 6.07) is 7.86. The molecule has 130 valence electrons. The van der Waals surface area contributed by atoms with E-state index >= 15 is 0 Å². The maximum Gasteiger partial charge on any atom is 0.243 e. The number of hydrogen-bond donors (Lipinski definition) is 1. The molecule has 0 bridgehead atoms. The molecule has 0 radical (unpaired) electrons. The first-order valence-electron chi connectivity index (χ1n) is 8.71. The smallest absolute Gasteiger partial charge is 0.243 e. The van der Waals surface area contributed by atoms with Crippen LogP contribution in [0.5, 0.6) is 0 Å². The van der Waals surface area contributed by atoms with Crippen LogP contribution in [0.1, 0.15) is 18.4 Å². The highest BCUT2D eigenvalue weighted by molar-refractivity contribution is 7.89. The summed E-state index contributed by atoms with van der Waals surface area (Å²) in [5, 5.41) is 3.60. The molecule has 1 N–H and O–H groups in total. The number of morpholine rings is 1. The predicted octanol–water partition coefficient (Wildman–Crippen LogP) is 1.76. The topological polar surface area (TPSA) is 58.6 Å². The Morgan fingerprint density at radius 2 is 1.92 bits per heavy atom. The molecule has 4 rings (SSSR count). The van der Waals surface area contributed by atoms with Crippen molar-refractivity contribution in [2.45, 2.75) is 30.3 Å². The highest BCUT2D eigenvalue weighted by atomic mass is 32.2. The minimum absolute atomic E-state index is 0.371. The molecule has 1 saturated carbocycles. The van der Waals surface area contributed by atoms with Gasteiger partial charge in [0, 0.05) is 25.7 Å². The van der Waals surface area contributed by atoms with Gasteiger partial charge in [0.15, 0.2) is 0 Å². The fraction of sp³-hybridized carbons (Fsp3) is 0.556. The van der Waals surface area contributed by atoms with E-state index in [0.717, 1.165) is 18.0 Å². The Kier molecular flexibility index (Phi) is 4.47. The van der Waals surface area contributed by atoms with Gasteiger partial charge in [-0.15, -0.1) is 0 Å². The number of benzene rings is 1. The highest BCUT2D eigenvalue weighted by Gasteiger charge is 2.40. The molecule has 1 saturated heterocycles. The van der Waals surface area contributed by atoms with E-state index in [1.165, 1.54) is 17.1 Å². The first kappa shape index (κ1) is 16.3. The second kappa shape index (κ2) is 6.59. The lowest BCUT2D eigenvalue weighted by Crippen LogP contribution is -2.47. The van der Waals surface area contributed by atoms with E-state index in [2.05, 4.69) is 17.5 Å². The summed E-state index contributed by atoms with van der Waals surface area (Å²) in [6.07, 6.45) is 7.12. The van der Waals surface area contributed by atoms with Gasteiger partial charge in [-0.25, -0.2) is 8.42 Å². The lowest BCUT2D eigenvalue weighted by Gasteiger charge is -2.40. The molecule has 5 nitrogen and oxygen atoms in total. The predicted molar refractivity (Wildman–Crippen MR) is 92.0 cm³/mol. The van der Waals surface area contributed by atoms with Crippen molar-refractivity contribution in [2.75, 3.05) is 26.3 Å². The van der Waals surface area contributed by atoms with Crippen LogP contribution >= 0.6 is 0 Å². The van der Waals surface area contributed by atoms with E-state index in [-0.39, 0.29) is 0 Å². The zero-order valence-corrected chi connectivity index (χ0v) is 14.5. The molecule has 0 amide bonds. The van der Waals surface area contributed by atoms with Crippen molar-refractivity contribution in [2.24, 2.45) is 11.8 Å². The van der Waals surface area contributed by atoms with Gasteiger partial charge in [0.25, 0.3) is 0 Å². The van der Waals surface area contributed by atoms with Crippen LogP contribution in [0.3, 0.4) is 0 Å². The Morgan fingerprint density at radius 1 is 1.17 bits per heavy atom. The van der Waals surface area contributed by atoms with Crippen LogP contribution in [-0.4, -0.2) is 45.1 Å². The average molecular weight is 348 g/mol. The summed E-state index contributed by atoms with van der Waals surface area (Å²) in [7, 11) is -3.39. The van der Waals surface area contributed by atoms with E-state index < -0.39 is 10.0 Å². The Bertz CT molecular complexity index is 708. The third kappa shape index (κ3) is 3.04. The normalized spacial score (nSPS) is 30.1. The zero-order valence-electron chi connectivity index (χ0n) is 13.7. The van der Waals surface area contributed by atoms with Gasteiger partial charge in [-0.05, 0) is 42.4 Å². The number of hydrogen-bond acceptors (Lipinski definition) is 4. The summed E-state index contributed by atoms with van der Waals surface area (Å²) >= 11 is 0. The molecule has 1 aliphatic heterocycles. The highest BCUT2D eigenvalue weighted by Crippen LogP contribution is 2.42. The molecule has 3 atom stereocenters. The number of nitrogens with zero attached hydrogens (tertiary/aromatic N) is 1. The molecule has 0 spiro atoms. The molecule has 24 heavy (non-hydrogen) atoms. The zero-order chi connectivity index (χ0) is 16.6. The van der Waals surface area contributed by atoms with Crippen LogP contribution in [0, 0.1) is 11.8 Å². The summed E-state index contributed by atoms with van der Waals surface area (Å²) in [4.78, 5) is 0.371. The van der Waals surface area contributed by atoms with Crippen LogP contribution in [0.15, 0.2) is 41.3 Å². The molecule has 1 heterocycles. The van der Waals surface area contributed by atoms with E-state index in [9.17, 15) is 8.42 Å². The summed E-state index contributed by atoms with van der Waals surface area (Å²) < 4.78 is 31.9. The van der Waals surface area contributed by atoms with Crippen molar-refractivity contribution < 1.29 is 13.2 Å². The Hall–Kier alpha value is -1.21. The van der Waals surface area contributed by atoms with Crippen LogP contribution < -0.4 is 5.32 Å². The molecule has 1 aromatic carbocycles. The third-order valence-corrected chi connectivity index (χ3v) is 7.38. The van der Waals surface area contributed by atoms with E-state index in [1.54, 1.807) is 12.1 Å². The lowest BCUT2D eigenvalue weighted by molar-refractivity contribution is 0.0730. The van der Waals surface area contributed by atoms with Crippen LogP contribution in [0.4, 0.5) is 0 Å². The lowest BCUT2D eigenvalue weighted by atomic mass is 9.71. The van der Waals surface area contributed by atoms with Crippen molar-refractivity contribution in [1.82, 2.24) is 9.62 Å². The molecule has 1 aromatic rings. The average Bonchev–Trinajstić information content (AvgIpc) is 2.97. The van der Waals surface area contributed by atoms with Gasteiger partial charge in [0.05, 0.1) is 18.1 Å². The summed E-state index contributed by atoms with van der Waals surface area (Å²) in [5.41, 5.74) is 1.13. The van der Waals surface area contributed by atoms with E-state index in [4.69, 9.17) is 4.74 Å². The minimum atomic E-state index is -3.39. The van der Waals surface area contributed by atoms with Crippen LogP contribution in [-0.2, 0) is 21.3 Å². The second-order valence-corrected chi connectivity index (χ2v) is 8.82. The van der Waals surface area contributed by atoms with Gasteiger partial charge in [-0.1, -0.05) is 24.3 Å². The monoisotopic (exact) mass is 348 g/mol. The molecule has 2 fully saturated rings. The van der Waals surface area contributed by atoms with Gasteiger partial charge >= 0.3 is 0 Å². The molecule has 3 aliphatic rings. The molecule has 0 unspecified atom stereocenters. The fourth-order valence-electron chi connectivity index (χ4n) is 3.91. The Morgan fingerprint density at radius 3 is 2.62 bits per heavy atom. The van der Waals surface area contributed by atoms with Gasteiger partial charge < -0.3 is 10.1 Å². The first-order chi connectivity index (χ1) is 11.6. The van der Waals surface area contributed by atoms with Gasteiger partial charge in [0.1, 0.15) is 0 Å². The maximum atomic E-state index is 12.6. The van der Waals surface area contributed by atoms with Crippen molar-refractivity contribution in [3.63, 3.8) is 0 Å². The van der Waals surface area contributed by atoms with Crippen LogP contribution in [0.25, 0.3) is 0 Å². The van der Waals surface area contributed by atoms with Crippen molar-refractivity contribution in [3.8, 4) is 0 Å². The van der Waals surface area contributed by atoms with Crippen molar-refractivity contribution in [1.29, 1.82) is 0 Å². The number of nitrogens with one attached hydrogen (secondary N) is 1. The number of sulfonamides is 1. The molecule has 0 aromatic heterocycles. The molecular formula is C18H24N2O3S. The minimum Gasteiger partial charge on any atom is -0.379 e. The standard InChI is InChI=1S/C18H24N2O3S/c21-24(22,20-8-10-23-11-9-20)16-6-4-14(5-7-16)13-19-18-12-15-2-1-3-17(15)18/h1,3-7,15,17-19H,2,8-13H2/t15-,17+,18+/m1/s1. The second-order valence-electron chi connectivity index (χ2n) is 6.88. The molecule has 6 heteroatoms. The van der Waals surface area contributed by atoms with Crippen molar-refractivity contribution in [3.05, 3.63) is 42.0 Å². The Balaban J connectivity index is 1.36. The number of fused-ring (bicyclic) bond motifs is 1.